The number of ketones is 1. The Balaban J connectivity index is 2.05. The summed E-state index contributed by atoms with van der Waals surface area (Å²) >= 11 is 1.59. The molecule has 2 N–H and O–H groups in total. The van der Waals surface area contributed by atoms with Crippen molar-refractivity contribution < 1.29 is 4.79 Å². The van der Waals surface area contributed by atoms with E-state index < -0.39 is 6.04 Å². The lowest BCUT2D eigenvalue weighted by molar-refractivity contribution is -0.119. The standard InChI is InChI=1S/C13H13NOS/c14-13(10-5-2-1-3-6-10)12(15)9-11-7-4-8-16-11/h1-8,13H,9,14H2/t13-/m1/s1. The van der Waals surface area contributed by atoms with Crippen molar-refractivity contribution in [3.05, 3.63) is 58.3 Å². The Morgan fingerprint density at radius 1 is 1.19 bits per heavy atom. The summed E-state index contributed by atoms with van der Waals surface area (Å²) in [6.45, 7) is 0. The topological polar surface area (TPSA) is 43.1 Å². The molecule has 2 nitrogen and oxygen atoms in total. The number of benzene rings is 1. The smallest absolute Gasteiger partial charge is 0.159 e. The molecule has 0 radical (unpaired) electrons. The quantitative estimate of drug-likeness (QED) is 0.878. The van der Waals surface area contributed by atoms with E-state index in [1.807, 2.05) is 47.8 Å². The van der Waals surface area contributed by atoms with Gasteiger partial charge in [0.15, 0.2) is 5.78 Å². The lowest BCUT2D eigenvalue weighted by atomic mass is 10.0. The van der Waals surface area contributed by atoms with Crippen molar-refractivity contribution in [1.82, 2.24) is 0 Å². The third-order valence-corrected chi connectivity index (χ3v) is 3.31. The Hall–Kier alpha value is -1.45. The normalized spacial score (nSPS) is 12.3. The van der Waals surface area contributed by atoms with Crippen molar-refractivity contribution in [3.63, 3.8) is 0 Å². The van der Waals surface area contributed by atoms with Gasteiger partial charge in [0.2, 0.25) is 0 Å². The second-order valence-corrected chi connectivity index (χ2v) is 4.64. The summed E-state index contributed by atoms with van der Waals surface area (Å²) in [6.07, 6.45) is 0.424. The number of carbonyl (C=O) groups excluding carboxylic acids is 1. The summed E-state index contributed by atoms with van der Waals surface area (Å²) in [5, 5.41) is 1.97. The fourth-order valence-corrected chi connectivity index (χ4v) is 2.26. The van der Waals surface area contributed by atoms with E-state index in [4.69, 9.17) is 5.73 Å². The SMILES string of the molecule is N[C@@H](C(=O)Cc1cccs1)c1ccccc1. The molecule has 16 heavy (non-hydrogen) atoms. The number of hydrogen-bond donors (Lipinski definition) is 1. The molecule has 1 aromatic heterocycles. The van der Waals surface area contributed by atoms with E-state index in [1.165, 1.54) is 0 Å². The lowest BCUT2D eigenvalue weighted by Gasteiger charge is -2.09. The Labute approximate surface area is 98.7 Å². The zero-order chi connectivity index (χ0) is 11.4. The first-order chi connectivity index (χ1) is 7.77. The van der Waals surface area contributed by atoms with E-state index in [1.54, 1.807) is 11.3 Å². The summed E-state index contributed by atoms with van der Waals surface area (Å²) in [5.41, 5.74) is 6.79. The van der Waals surface area contributed by atoms with E-state index in [-0.39, 0.29) is 5.78 Å². The molecule has 0 spiro atoms. The van der Waals surface area contributed by atoms with E-state index in [0.717, 1.165) is 10.4 Å². The first-order valence-corrected chi connectivity index (χ1v) is 6.01. The molecule has 1 atom stereocenters. The molecule has 0 aliphatic rings. The zero-order valence-electron chi connectivity index (χ0n) is 8.80. The molecule has 82 valence electrons. The van der Waals surface area contributed by atoms with Crippen LogP contribution in [0.5, 0.6) is 0 Å². The number of rotatable bonds is 4. The maximum Gasteiger partial charge on any atom is 0.159 e. The Morgan fingerprint density at radius 3 is 2.56 bits per heavy atom. The molecule has 1 aromatic carbocycles. The first-order valence-electron chi connectivity index (χ1n) is 5.13. The first kappa shape index (κ1) is 11.0. The molecular weight excluding hydrogens is 218 g/mol. The lowest BCUT2D eigenvalue weighted by Crippen LogP contribution is -2.22. The zero-order valence-corrected chi connectivity index (χ0v) is 9.61. The summed E-state index contributed by atoms with van der Waals surface area (Å²) in [7, 11) is 0. The van der Waals surface area contributed by atoms with Gasteiger partial charge >= 0.3 is 0 Å². The monoisotopic (exact) mass is 231 g/mol. The van der Waals surface area contributed by atoms with Crippen LogP contribution in [-0.2, 0) is 11.2 Å². The average Bonchev–Trinajstić information content (AvgIpc) is 2.82. The molecule has 0 fully saturated rings. The van der Waals surface area contributed by atoms with E-state index in [2.05, 4.69) is 0 Å². The highest BCUT2D eigenvalue weighted by Gasteiger charge is 2.15. The molecular formula is C13H13NOS. The minimum absolute atomic E-state index is 0.0636. The van der Waals surface area contributed by atoms with Crippen molar-refractivity contribution in [2.45, 2.75) is 12.5 Å². The number of thiophene rings is 1. The molecule has 0 aliphatic carbocycles. The Morgan fingerprint density at radius 2 is 1.94 bits per heavy atom. The van der Waals surface area contributed by atoms with Gasteiger partial charge in [-0.1, -0.05) is 36.4 Å². The van der Waals surface area contributed by atoms with Crippen molar-refractivity contribution in [2.75, 3.05) is 0 Å². The summed E-state index contributed by atoms with van der Waals surface area (Å²) in [5.74, 6) is 0.0636. The van der Waals surface area contributed by atoms with Crippen molar-refractivity contribution in [1.29, 1.82) is 0 Å². The second-order valence-electron chi connectivity index (χ2n) is 3.61. The molecule has 0 amide bonds. The highest BCUT2D eigenvalue weighted by atomic mass is 32.1. The van der Waals surface area contributed by atoms with Gasteiger partial charge in [-0.15, -0.1) is 11.3 Å². The summed E-state index contributed by atoms with van der Waals surface area (Å²) < 4.78 is 0. The van der Waals surface area contributed by atoms with Gasteiger partial charge in [-0.2, -0.15) is 0 Å². The van der Waals surface area contributed by atoms with Crippen LogP contribution in [-0.4, -0.2) is 5.78 Å². The largest absolute Gasteiger partial charge is 0.318 e. The fraction of sp³-hybridized carbons (Fsp3) is 0.154. The summed E-state index contributed by atoms with van der Waals surface area (Å²) in [4.78, 5) is 13.0. The number of nitrogens with two attached hydrogens (primary N) is 1. The predicted octanol–water partition coefficient (Wildman–Crippen LogP) is 2.56. The van der Waals surface area contributed by atoms with Gasteiger partial charge in [-0.3, -0.25) is 4.79 Å². The van der Waals surface area contributed by atoms with Gasteiger partial charge in [-0.05, 0) is 17.0 Å². The molecule has 2 rings (SSSR count). The van der Waals surface area contributed by atoms with Crippen LogP contribution >= 0.6 is 11.3 Å². The molecule has 1 heterocycles. The molecule has 0 saturated carbocycles. The maximum absolute atomic E-state index is 11.9. The molecule has 0 aliphatic heterocycles. The van der Waals surface area contributed by atoms with Crippen LogP contribution in [0.15, 0.2) is 47.8 Å². The Kier molecular flexibility index (Phi) is 3.49. The van der Waals surface area contributed by atoms with Crippen LogP contribution in [0.25, 0.3) is 0 Å². The molecule has 0 saturated heterocycles. The van der Waals surface area contributed by atoms with Gasteiger partial charge < -0.3 is 5.73 Å². The highest BCUT2D eigenvalue weighted by Crippen LogP contribution is 2.16. The minimum Gasteiger partial charge on any atom is -0.318 e. The highest BCUT2D eigenvalue weighted by molar-refractivity contribution is 7.10. The van der Waals surface area contributed by atoms with Gasteiger partial charge in [0.1, 0.15) is 0 Å². The summed E-state index contributed by atoms with van der Waals surface area (Å²) in [6, 6.07) is 12.9. The minimum atomic E-state index is -0.511. The van der Waals surface area contributed by atoms with Gasteiger partial charge in [0.05, 0.1) is 6.04 Å². The van der Waals surface area contributed by atoms with Gasteiger partial charge in [0, 0.05) is 11.3 Å². The van der Waals surface area contributed by atoms with Crippen molar-refractivity contribution in [3.8, 4) is 0 Å². The fourth-order valence-electron chi connectivity index (χ4n) is 1.54. The van der Waals surface area contributed by atoms with Crippen LogP contribution in [0.1, 0.15) is 16.5 Å². The molecule has 0 unspecified atom stereocenters. The van der Waals surface area contributed by atoms with Crippen LogP contribution < -0.4 is 5.73 Å². The average molecular weight is 231 g/mol. The van der Waals surface area contributed by atoms with Gasteiger partial charge in [0.25, 0.3) is 0 Å². The number of hydrogen-bond acceptors (Lipinski definition) is 3. The second kappa shape index (κ2) is 5.05. The Bertz CT molecular complexity index is 450. The van der Waals surface area contributed by atoms with E-state index >= 15 is 0 Å². The molecule has 0 bridgehead atoms. The van der Waals surface area contributed by atoms with Crippen molar-refractivity contribution >= 4 is 17.1 Å². The number of carbonyl (C=O) groups is 1. The maximum atomic E-state index is 11.9. The predicted molar refractivity (Wildman–Crippen MR) is 66.4 cm³/mol. The van der Waals surface area contributed by atoms with Crippen LogP contribution in [0.3, 0.4) is 0 Å². The third-order valence-electron chi connectivity index (χ3n) is 2.43. The van der Waals surface area contributed by atoms with Crippen LogP contribution in [0.4, 0.5) is 0 Å². The third kappa shape index (κ3) is 2.56. The van der Waals surface area contributed by atoms with Crippen LogP contribution in [0, 0.1) is 0 Å². The van der Waals surface area contributed by atoms with Crippen LogP contribution in [0.2, 0.25) is 0 Å². The number of Topliss-reactive ketones (excluding diaryl/α,β-unsaturated/α-hetero) is 1. The van der Waals surface area contributed by atoms with Gasteiger partial charge in [-0.25, -0.2) is 0 Å². The van der Waals surface area contributed by atoms with E-state index in [9.17, 15) is 4.79 Å². The van der Waals surface area contributed by atoms with Crippen molar-refractivity contribution in [2.24, 2.45) is 5.73 Å². The molecule has 3 heteroatoms. The van der Waals surface area contributed by atoms with E-state index in [0.29, 0.717) is 6.42 Å². The molecule has 2 aromatic rings.